The quantitative estimate of drug-likeness (QED) is 0.670. The molecule has 2 aromatic rings. The van der Waals surface area contributed by atoms with E-state index in [0.29, 0.717) is 6.61 Å². The van der Waals surface area contributed by atoms with Crippen LogP contribution in [0, 0.1) is 33.1 Å². The zero-order chi connectivity index (χ0) is 14.9. The number of amidine groups is 1. The molecule has 0 fully saturated rings. The molecule has 4 nitrogen and oxygen atoms in total. The molecule has 0 bridgehead atoms. The van der Waals surface area contributed by atoms with Crippen molar-refractivity contribution in [3.05, 3.63) is 44.4 Å². The van der Waals surface area contributed by atoms with Gasteiger partial charge in [0.2, 0.25) is 0 Å². The lowest BCUT2D eigenvalue weighted by molar-refractivity contribution is 0.303. The molecule has 0 aliphatic heterocycles. The highest BCUT2D eigenvalue weighted by Crippen LogP contribution is 2.25. The predicted octanol–water partition coefficient (Wildman–Crippen LogP) is 3.24. The first-order valence-electron chi connectivity index (χ1n) is 6.40. The third-order valence-corrected chi connectivity index (χ3v) is 4.36. The number of nitrogens with zero attached hydrogens (tertiary/aromatic N) is 1. The summed E-state index contributed by atoms with van der Waals surface area (Å²) in [4.78, 5) is 5.12. The van der Waals surface area contributed by atoms with Gasteiger partial charge in [-0.15, -0.1) is 11.3 Å². The van der Waals surface area contributed by atoms with Crippen LogP contribution in [0.15, 0.2) is 12.1 Å². The molecule has 0 saturated carbocycles. The number of nitrogens with two attached hydrogens (primary N) is 1. The summed E-state index contributed by atoms with van der Waals surface area (Å²) in [5, 5.41) is 8.32. The normalized spacial score (nSPS) is 10.6. The maximum Gasteiger partial charge on any atom is 0.140 e. The van der Waals surface area contributed by atoms with Crippen molar-refractivity contribution in [2.45, 2.75) is 34.3 Å². The van der Waals surface area contributed by atoms with Gasteiger partial charge < -0.3 is 10.5 Å². The van der Waals surface area contributed by atoms with Crippen molar-refractivity contribution in [3.8, 4) is 5.75 Å². The van der Waals surface area contributed by atoms with Crippen molar-refractivity contribution in [1.82, 2.24) is 4.98 Å². The summed E-state index contributed by atoms with van der Waals surface area (Å²) in [6.07, 6.45) is 0. The number of aryl methyl sites for hydroxylation is 3. The highest BCUT2D eigenvalue weighted by Gasteiger charge is 2.11. The van der Waals surface area contributed by atoms with Gasteiger partial charge in [0.15, 0.2) is 0 Å². The average molecular weight is 289 g/mol. The number of hydrogen-bond acceptors (Lipinski definition) is 4. The number of nitrogens with one attached hydrogen (secondary N) is 1. The van der Waals surface area contributed by atoms with E-state index >= 15 is 0 Å². The monoisotopic (exact) mass is 289 g/mol. The molecule has 3 N–H and O–H groups in total. The van der Waals surface area contributed by atoms with Crippen LogP contribution >= 0.6 is 11.3 Å². The second-order valence-corrected chi connectivity index (χ2v) is 6.01. The first-order chi connectivity index (χ1) is 9.38. The molecular weight excluding hydrogens is 270 g/mol. The van der Waals surface area contributed by atoms with Crippen LogP contribution in [0.3, 0.4) is 0 Å². The van der Waals surface area contributed by atoms with Gasteiger partial charge in [-0.3, -0.25) is 5.41 Å². The number of rotatable bonds is 4. The maximum atomic E-state index is 7.48. The zero-order valence-electron chi connectivity index (χ0n) is 12.2. The number of ether oxygens (including phenoxy) is 1. The minimum Gasteiger partial charge on any atom is -0.486 e. The Kier molecular flexibility index (Phi) is 4.09. The molecule has 0 spiro atoms. The lowest BCUT2D eigenvalue weighted by atomic mass is 10.1. The first kappa shape index (κ1) is 14.5. The molecule has 1 heterocycles. The summed E-state index contributed by atoms with van der Waals surface area (Å²) in [5.74, 6) is 0.952. The van der Waals surface area contributed by atoms with E-state index < -0.39 is 0 Å². The molecule has 20 heavy (non-hydrogen) atoms. The standard InChI is InChI=1S/C15H19N3OS/c1-8-5-9(2)10(3)12(6-8)19-7-13-18-11(4)14(20-13)15(16)17/h5-6H,7H2,1-4H3,(H3,16,17). The first-order valence-corrected chi connectivity index (χ1v) is 7.21. The molecular formula is C15H19N3OS. The number of benzene rings is 1. The van der Waals surface area contributed by atoms with Gasteiger partial charge in [-0.2, -0.15) is 0 Å². The molecule has 2 rings (SSSR count). The van der Waals surface area contributed by atoms with E-state index in [1.165, 1.54) is 22.5 Å². The molecule has 1 aromatic heterocycles. The second-order valence-electron chi connectivity index (χ2n) is 4.93. The van der Waals surface area contributed by atoms with Crippen LogP contribution < -0.4 is 10.5 Å². The smallest absolute Gasteiger partial charge is 0.140 e. The van der Waals surface area contributed by atoms with E-state index in [2.05, 4.69) is 31.8 Å². The molecule has 0 unspecified atom stereocenters. The van der Waals surface area contributed by atoms with Gasteiger partial charge in [-0.05, 0) is 50.5 Å². The van der Waals surface area contributed by atoms with Gasteiger partial charge in [0, 0.05) is 0 Å². The van der Waals surface area contributed by atoms with Gasteiger partial charge in [0.05, 0.1) is 10.6 Å². The Balaban J connectivity index is 2.17. The Morgan fingerprint density at radius 2 is 2.00 bits per heavy atom. The molecule has 106 valence electrons. The van der Waals surface area contributed by atoms with E-state index in [0.717, 1.165) is 26.9 Å². The van der Waals surface area contributed by atoms with Crippen LogP contribution in [-0.4, -0.2) is 10.8 Å². The van der Waals surface area contributed by atoms with Gasteiger partial charge in [-0.1, -0.05) is 6.07 Å². The number of aromatic nitrogens is 1. The van der Waals surface area contributed by atoms with Crippen molar-refractivity contribution >= 4 is 17.2 Å². The molecule has 5 heteroatoms. The van der Waals surface area contributed by atoms with Crippen LogP contribution in [0.4, 0.5) is 0 Å². The average Bonchev–Trinajstić information content (AvgIpc) is 2.73. The Hall–Kier alpha value is -1.88. The van der Waals surface area contributed by atoms with E-state index in [9.17, 15) is 0 Å². The fourth-order valence-electron chi connectivity index (χ4n) is 2.05. The Bertz CT molecular complexity index is 661. The number of nitrogen functional groups attached to an aromatic ring is 1. The number of thiazole rings is 1. The SMILES string of the molecule is Cc1cc(C)c(C)c(OCc2nc(C)c(C(=N)N)s2)c1. The fraction of sp³-hybridized carbons (Fsp3) is 0.333. The summed E-state index contributed by atoms with van der Waals surface area (Å²) < 4.78 is 5.87. The van der Waals surface area contributed by atoms with Crippen LogP contribution in [0.25, 0.3) is 0 Å². The topological polar surface area (TPSA) is 72.0 Å². The molecule has 0 aliphatic rings. The largest absolute Gasteiger partial charge is 0.486 e. The van der Waals surface area contributed by atoms with E-state index in [1.54, 1.807) is 0 Å². The second kappa shape index (κ2) is 5.63. The van der Waals surface area contributed by atoms with E-state index in [4.69, 9.17) is 15.9 Å². The molecule has 0 atom stereocenters. The predicted molar refractivity (Wildman–Crippen MR) is 82.9 cm³/mol. The molecule has 0 amide bonds. The van der Waals surface area contributed by atoms with Gasteiger partial charge in [0.1, 0.15) is 23.2 Å². The van der Waals surface area contributed by atoms with Crippen LogP contribution in [0.5, 0.6) is 5.75 Å². The summed E-state index contributed by atoms with van der Waals surface area (Å²) in [6, 6.07) is 4.18. The number of hydrogen-bond donors (Lipinski definition) is 2. The van der Waals surface area contributed by atoms with E-state index in [-0.39, 0.29) is 5.84 Å². The Labute approximate surface area is 123 Å². The van der Waals surface area contributed by atoms with E-state index in [1.807, 2.05) is 13.0 Å². The summed E-state index contributed by atoms with van der Waals surface area (Å²) in [7, 11) is 0. The highest BCUT2D eigenvalue weighted by molar-refractivity contribution is 7.13. The lowest BCUT2D eigenvalue weighted by Gasteiger charge is -2.11. The molecule has 0 aliphatic carbocycles. The van der Waals surface area contributed by atoms with Crippen LogP contribution in [0.1, 0.15) is 32.3 Å². The summed E-state index contributed by atoms with van der Waals surface area (Å²) in [6.45, 7) is 8.46. The fourth-order valence-corrected chi connectivity index (χ4v) is 2.89. The van der Waals surface area contributed by atoms with Crippen LogP contribution in [0.2, 0.25) is 0 Å². The zero-order valence-corrected chi connectivity index (χ0v) is 13.0. The molecule has 1 aromatic carbocycles. The van der Waals surface area contributed by atoms with Crippen molar-refractivity contribution in [1.29, 1.82) is 5.41 Å². The van der Waals surface area contributed by atoms with Gasteiger partial charge >= 0.3 is 0 Å². The summed E-state index contributed by atoms with van der Waals surface area (Å²) >= 11 is 1.42. The lowest BCUT2D eigenvalue weighted by Crippen LogP contribution is -2.10. The maximum absolute atomic E-state index is 7.48. The van der Waals surface area contributed by atoms with Crippen LogP contribution in [-0.2, 0) is 6.61 Å². The minimum absolute atomic E-state index is 0.0637. The third kappa shape index (κ3) is 2.99. The van der Waals surface area contributed by atoms with Crippen molar-refractivity contribution in [2.75, 3.05) is 0 Å². The van der Waals surface area contributed by atoms with Gasteiger partial charge in [0.25, 0.3) is 0 Å². The Morgan fingerprint density at radius 1 is 1.30 bits per heavy atom. The highest BCUT2D eigenvalue weighted by atomic mass is 32.1. The van der Waals surface area contributed by atoms with Crippen molar-refractivity contribution in [3.63, 3.8) is 0 Å². The van der Waals surface area contributed by atoms with Crippen molar-refractivity contribution in [2.24, 2.45) is 5.73 Å². The minimum atomic E-state index is 0.0637. The third-order valence-electron chi connectivity index (χ3n) is 3.20. The molecule has 0 radical (unpaired) electrons. The summed E-state index contributed by atoms with van der Waals surface area (Å²) in [5.41, 5.74) is 9.86. The van der Waals surface area contributed by atoms with Gasteiger partial charge in [-0.25, -0.2) is 4.98 Å². The molecule has 0 saturated heterocycles. The van der Waals surface area contributed by atoms with Crippen molar-refractivity contribution < 1.29 is 4.74 Å². The Morgan fingerprint density at radius 3 is 2.60 bits per heavy atom.